The van der Waals surface area contributed by atoms with Gasteiger partial charge in [0.05, 0.1) is 0 Å². The number of unbranched alkanes of at least 4 members (excludes halogenated alkanes) is 1. The summed E-state index contributed by atoms with van der Waals surface area (Å²) in [4.78, 5) is 6.88. The van der Waals surface area contributed by atoms with E-state index < -0.39 is 0 Å². The van der Waals surface area contributed by atoms with E-state index in [1.165, 1.54) is 5.56 Å². The summed E-state index contributed by atoms with van der Waals surface area (Å²) in [6.45, 7) is 4.05. The number of aromatic amines is 1. The third-order valence-electron chi connectivity index (χ3n) is 4.91. The van der Waals surface area contributed by atoms with Crippen molar-refractivity contribution in [3.05, 3.63) is 78.5 Å². The number of hydrogen-bond acceptors (Lipinski definition) is 5. The van der Waals surface area contributed by atoms with Gasteiger partial charge in [0.15, 0.2) is 0 Å². The third kappa shape index (κ3) is 4.48. The Bertz CT molecular complexity index is 1010. The second-order valence-corrected chi connectivity index (χ2v) is 6.94. The Morgan fingerprint density at radius 3 is 2.38 bits per heavy atom. The molecule has 0 bridgehead atoms. The smallest absolute Gasteiger partial charge is 0.205 e. The number of rotatable bonds is 8. The fourth-order valence-corrected chi connectivity index (χ4v) is 3.38. The first kappa shape index (κ1) is 18.8. The fraction of sp³-hybridized carbons (Fsp3) is 0.217. The van der Waals surface area contributed by atoms with Crippen LogP contribution in [0.5, 0.6) is 0 Å². The van der Waals surface area contributed by atoms with Gasteiger partial charge in [-0.1, -0.05) is 67.9 Å². The first-order chi connectivity index (χ1) is 14.3. The van der Waals surface area contributed by atoms with Crippen LogP contribution in [-0.4, -0.2) is 32.2 Å². The second kappa shape index (κ2) is 9.10. The summed E-state index contributed by atoms with van der Waals surface area (Å²) in [6.07, 6.45) is 4.16. The Morgan fingerprint density at radius 1 is 0.897 bits per heavy atom. The zero-order valence-electron chi connectivity index (χ0n) is 16.5. The van der Waals surface area contributed by atoms with Crippen molar-refractivity contribution in [2.45, 2.75) is 26.3 Å². The van der Waals surface area contributed by atoms with Crippen LogP contribution < -0.4 is 4.90 Å². The molecule has 4 aromatic rings. The van der Waals surface area contributed by atoms with Crippen LogP contribution in [-0.2, 0) is 6.54 Å². The van der Waals surface area contributed by atoms with Gasteiger partial charge >= 0.3 is 0 Å². The molecule has 0 atom stereocenters. The number of hydrogen-bond donors (Lipinski definition) is 1. The fourth-order valence-electron chi connectivity index (χ4n) is 3.38. The lowest BCUT2D eigenvalue weighted by atomic mass is 9.98. The number of nitrogens with one attached hydrogen (secondary N) is 1. The van der Waals surface area contributed by atoms with E-state index in [-0.39, 0.29) is 0 Å². The predicted octanol–water partition coefficient (Wildman–Crippen LogP) is 4.74. The van der Waals surface area contributed by atoms with Gasteiger partial charge in [-0.3, -0.25) is 0 Å². The lowest BCUT2D eigenvalue weighted by molar-refractivity contribution is 0.708. The topological polar surface area (TPSA) is 70.6 Å². The number of H-pyrrole nitrogens is 1. The van der Waals surface area contributed by atoms with Crippen LogP contribution in [0, 0.1) is 0 Å². The largest absolute Gasteiger partial charge is 0.352 e. The number of anilines is 1. The van der Waals surface area contributed by atoms with Gasteiger partial charge in [-0.25, -0.2) is 4.98 Å². The average Bonchev–Trinajstić information content (AvgIpc) is 3.32. The molecule has 4 rings (SSSR count). The normalized spacial score (nSPS) is 10.8. The predicted molar refractivity (Wildman–Crippen MR) is 115 cm³/mol. The summed E-state index contributed by atoms with van der Waals surface area (Å²) in [6, 6.07) is 22.9. The maximum Gasteiger partial charge on any atom is 0.205 e. The molecule has 0 amide bonds. The molecule has 0 fully saturated rings. The van der Waals surface area contributed by atoms with Crippen LogP contribution in [0.3, 0.4) is 0 Å². The van der Waals surface area contributed by atoms with E-state index in [0.717, 1.165) is 48.4 Å². The van der Waals surface area contributed by atoms with Gasteiger partial charge < -0.3 is 4.90 Å². The molecule has 0 aliphatic rings. The Morgan fingerprint density at radius 2 is 1.69 bits per heavy atom. The van der Waals surface area contributed by atoms with E-state index in [4.69, 9.17) is 0 Å². The SMILES string of the molecule is CCCCN(Cc1ccc(-c2ccccc2-c2nn[nH]n2)cc1)c1ccccn1. The standard InChI is InChI=1S/C23H24N6/c1-2-3-16-29(22-10-6-7-15-24-22)17-18-11-13-19(14-12-18)20-8-4-5-9-21(20)23-25-27-28-26-23/h4-15H,2-3,16-17H2,1H3,(H,25,26,27,28). The summed E-state index contributed by atoms with van der Waals surface area (Å²) in [5, 5.41) is 14.5. The van der Waals surface area contributed by atoms with Gasteiger partial charge in [-0.15, -0.1) is 10.2 Å². The Labute approximate surface area is 170 Å². The zero-order chi connectivity index (χ0) is 19.9. The van der Waals surface area contributed by atoms with Crippen molar-refractivity contribution in [3.63, 3.8) is 0 Å². The molecule has 0 aliphatic carbocycles. The molecule has 0 aliphatic heterocycles. The first-order valence-electron chi connectivity index (χ1n) is 9.93. The molecule has 0 radical (unpaired) electrons. The van der Waals surface area contributed by atoms with Crippen LogP contribution in [0.4, 0.5) is 5.82 Å². The Kier molecular flexibility index (Phi) is 5.90. The number of benzene rings is 2. The molecule has 0 saturated carbocycles. The molecule has 2 aromatic heterocycles. The van der Waals surface area contributed by atoms with Crippen molar-refractivity contribution in [2.24, 2.45) is 0 Å². The quantitative estimate of drug-likeness (QED) is 0.475. The van der Waals surface area contributed by atoms with E-state index in [1.54, 1.807) is 0 Å². The summed E-state index contributed by atoms with van der Waals surface area (Å²) in [7, 11) is 0. The van der Waals surface area contributed by atoms with Crippen LogP contribution in [0.1, 0.15) is 25.3 Å². The molecule has 6 heteroatoms. The van der Waals surface area contributed by atoms with E-state index in [1.807, 2.05) is 36.5 Å². The molecule has 6 nitrogen and oxygen atoms in total. The molecule has 0 spiro atoms. The zero-order valence-corrected chi connectivity index (χ0v) is 16.5. The molecule has 2 aromatic carbocycles. The molecule has 0 saturated heterocycles. The average molecular weight is 384 g/mol. The van der Waals surface area contributed by atoms with Crippen molar-refractivity contribution in [1.82, 2.24) is 25.6 Å². The third-order valence-corrected chi connectivity index (χ3v) is 4.91. The van der Waals surface area contributed by atoms with Crippen LogP contribution in [0.15, 0.2) is 72.9 Å². The van der Waals surface area contributed by atoms with Crippen LogP contribution in [0.25, 0.3) is 22.5 Å². The highest BCUT2D eigenvalue weighted by molar-refractivity contribution is 5.80. The van der Waals surface area contributed by atoms with Crippen LogP contribution in [0.2, 0.25) is 0 Å². The monoisotopic (exact) mass is 384 g/mol. The highest BCUT2D eigenvalue weighted by Gasteiger charge is 2.12. The van der Waals surface area contributed by atoms with Crippen molar-refractivity contribution in [2.75, 3.05) is 11.4 Å². The number of pyridine rings is 1. The van der Waals surface area contributed by atoms with E-state index in [2.05, 4.69) is 73.8 Å². The lowest BCUT2D eigenvalue weighted by Crippen LogP contribution is -2.24. The lowest BCUT2D eigenvalue weighted by Gasteiger charge is -2.23. The maximum absolute atomic E-state index is 4.54. The van der Waals surface area contributed by atoms with E-state index in [0.29, 0.717) is 5.82 Å². The molecule has 2 heterocycles. The number of aromatic nitrogens is 5. The Balaban J connectivity index is 1.57. The first-order valence-corrected chi connectivity index (χ1v) is 9.93. The number of nitrogens with zero attached hydrogens (tertiary/aromatic N) is 5. The van der Waals surface area contributed by atoms with E-state index in [9.17, 15) is 0 Å². The minimum atomic E-state index is 0.602. The van der Waals surface area contributed by atoms with Gasteiger partial charge in [-0.05, 0) is 40.5 Å². The summed E-state index contributed by atoms with van der Waals surface area (Å²) in [5.74, 6) is 1.62. The molecular formula is C23H24N6. The van der Waals surface area contributed by atoms with Crippen molar-refractivity contribution < 1.29 is 0 Å². The van der Waals surface area contributed by atoms with Crippen molar-refractivity contribution in [3.8, 4) is 22.5 Å². The molecular weight excluding hydrogens is 360 g/mol. The van der Waals surface area contributed by atoms with Gasteiger partial charge in [0.25, 0.3) is 0 Å². The Hall–Kier alpha value is -3.54. The summed E-state index contributed by atoms with van der Waals surface area (Å²) >= 11 is 0. The van der Waals surface area contributed by atoms with Gasteiger partial charge in [0.2, 0.25) is 5.82 Å². The number of tetrazole rings is 1. The molecule has 1 N–H and O–H groups in total. The maximum atomic E-state index is 4.54. The van der Waals surface area contributed by atoms with Crippen LogP contribution >= 0.6 is 0 Å². The minimum absolute atomic E-state index is 0.602. The molecule has 146 valence electrons. The van der Waals surface area contributed by atoms with Crippen molar-refractivity contribution >= 4 is 5.82 Å². The highest BCUT2D eigenvalue weighted by atomic mass is 15.5. The van der Waals surface area contributed by atoms with Crippen molar-refractivity contribution in [1.29, 1.82) is 0 Å². The van der Waals surface area contributed by atoms with E-state index >= 15 is 0 Å². The minimum Gasteiger partial charge on any atom is -0.352 e. The van der Waals surface area contributed by atoms with Gasteiger partial charge in [0, 0.05) is 24.8 Å². The highest BCUT2D eigenvalue weighted by Crippen LogP contribution is 2.30. The molecule has 29 heavy (non-hydrogen) atoms. The summed E-state index contributed by atoms with van der Waals surface area (Å²) < 4.78 is 0. The van der Waals surface area contributed by atoms with Gasteiger partial charge in [-0.2, -0.15) is 5.21 Å². The summed E-state index contributed by atoms with van der Waals surface area (Å²) in [5.41, 5.74) is 4.44. The van der Waals surface area contributed by atoms with Gasteiger partial charge in [0.1, 0.15) is 5.82 Å². The molecule has 0 unspecified atom stereocenters. The second-order valence-electron chi connectivity index (χ2n) is 6.94.